The summed E-state index contributed by atoms with van der Waals surface area (Å²) >= 11 is 0. The molecule has 0 spiro atoms. The summed E-state index contributed by atoms with van der Waals surface area (Å²) in [5.41, 5.74) is 4.82. The summed E-state index contributed by atoms with van der Waals surface area (Å²) in [4.78, 5) is 12.2. The summed E-state index contributed by atoms with van der Waals surface area (Å²) in [6.45, 7) is 4.05. The zero-order chi connectivity index (χ0) is 14.1. The van der Waals surface area contributed by atoms with Crippen molar-refractivity contribution in [3.05, 3.63) is 76.2 Å². The third-order valence-corrected chi connectivity index (χ3v) is 3.43. The molecular formula is C17H16N2O. The monoisotopic (exact) mass is 264 g/mol. The molecule has 0 aliphatic heterocycles. The minimum absolute atomic E-state index is 0.0705. The van der Waals surface area contributed by atoms with Gasteiger partial charge in [0.15, 0.2) is 0 Å². The Morgan fingerprint density at radius 3 is 2.55 bits per heavy atom. The van der Waals surface area contributed by atoms with Gasteiger partial charge in [0, 0.05) is 6.20 Å². The topological polar surface area (TPSA) is 37.8 Å². The molecule has 0 atom stereocenters. The van der Waals surface area contributed by atoms with Crippen molar-refractivity contribution in [1.82, 2.24) is 9.78 Å². The van der Waals surface area contributed by atoms with Crippen molar-refractivity contribution in [1.29, 1.82) is 0 Å². The Morgan fingerprint density at radius 2 is 1.80 bits per heavy atom. The molecule has 1 N–H and O–H groups in total. The van der Waals surface area contributed by atoms with E-state index in [2.05, 4.69) is 5.10 Å². The molecule has 0 amide bonds. The minimum atomic E-state index is -0.0705. The Labute approximate surface area is 117 Å². The fourth-order valence-corrected chi connectivity index (χ4v) is 2.37. The SMILES string of the molecule is Cc1cccc(-c2cn(-c3ccccc3C)[nH]c2=O)c1. The summed E-state index contributed by atoms with van der Waals surface area (Å²) in [7, 11) is 0. The molecule has 3 nitrogen and oxygen atoms in total. The number of rotatable bonds is 2. The Bertz CT molecular complexity index is 812. The first-order chi connectivity index (χ1) is 9.65. The highest BCUT2D eigenvalue weighted by atomic mass is 16.1. The van der Waals surface area contributed by atoms with Crippen LogP contribution in [-0.2, 0) is 0 Å². The lowest BCUT2D eigenvalue weighted by molar-refractivity contribution is 0.857. The van der Waals surface area contributed by atoms with E-state index in [0.29, 0.717) is 5.56 Å². The lowest BCUT2D eigenvalue weighted by Crippen LogP contribution is -2.06. The number of nitrogens with zero attached hydrogens (tertiary/aromatic N) is 1. The van der Waals surface area contributed by atoms with Crippen LogP contribution in [0.1, 0.15) is 11.1 Å². The molecule has 1 aromatic heterocycles. The summed E-state index contributed by atoms with van der Waals surface area (Å²) < 4.78 is 1.79. The highest BCUT2D eigenvalue weighted by Gasteiger charge is 2.09. The number of aryl methyl sites for hydroxylation is 2. The van der Waals surface area contributed by atoms with Gasteiger partial charge >= 0.3 is 0 Å². The molecule has 20 heavy (non-hydrogen) atoms. The molecule has 100 valence electrons. The molecular weight excluding hydrogens is 248 g/mol. The van der Waals surface area contributed by atoms with Crippen LogP contribution < -0.4 is 5.56 Å². The minimum Gasteiger partial charge on any atom is -0.267 e. The smallest absolute Gasteiger partial charge is 0.267 e. The highest BCUT2D eigenvalue weighted by Crippen LogP contribution is 2.19. The summed E-state index contributed by atoms with van der Waals surface area (Å²) in [6.07, 6.45) is 1.86. The average molecular weight is 264 g/mol. The lowest BCUT2D eigenvalue weighted by Gasteiger charge is -2.05. The van der Waals surface area contributed by atoms with E-state index in [1.165, 1.54) is 0 Å². The lowest BCUT2D eigenvalue weighted by atomic mass is 10.1. The number of para-hydroxylation sites is 1. The highest BCUT2D eigenvalue weighted by molar-refractivity contribution is 5.63. The van der Waals surface area contributed by atoms with E-state index in [1.807, 2.05) is 68.6 Å². The van der Waals surface area contributed by atoms with Gasteiger partial charge in [-0.2, -0.15) is 0 Å². The van der Waals surface area contributed by atoms with Gasteiger partial charge in [-0.3, -0.25) is 14.6 Å². The van der Waals surface area contributed by atoms with Crippen molar-refractivity contribution in [2.24, 2.45) is 0 Å². The van der Waals surface area contributed by atoms with Crippen LogP contribution in [0, 0.1) is 13.8 Å². The van der Waals surface area contributed by atoms with Crippen LogP contribution in [0.2, 0.25) is 0 Å². The third-order valence-electron chi connectivity index (χ3n) is 3.43. The normalized spacial score (nSPS) is 10.7. The van der Waals surface area contributed by atoms with Crippen molar-refractivity contribution in [3.63, 3.8) is 0 Å². The number of hydrogen-bond donors (Lipinski definition) is 1. The average Bonchev–Trinajstić information content (AvgIpc) is 2.81. The summed E-state index contributed by atoms with van der Waals surface area (Å²) in [6, 6.07) is 15.9. The van der Waals surface area contributed by atoms with Crippen molar-refractivity contribution in [3.8, 4) is 16.8 Å². The first-order valence-corrected chi connectivity index (χ1v) is 6.60. The van der Waals surface area contributed by atoms with E-state index in [-0.39, 0.29) is 5.56 Å². The van der Waals surface area contributed by atoms with Crippen LogP contribution in [-0.4, -0.2) is 9.78 Å². The number of H-pyrrole nitrogens is 1. The predicted octanol–water partition coefficient (Wildman–Crippen LogP) is 3.45. The van der Waals surface area contributed by atoms with Gasteiger partial charge in [0.05, 0.1) is 11.3 Å². The molecule has 3 rings (SSSR count). The number of nitrogens with one attached hydrogen (secondary N) is 1. The van der Waals surface area contributed by atoms with E-state index in [4.69, 9.17) is 0 Å². The Hall–Kier alpha value is -2.55. The van der Waals surface area contributed by atoms with Gasteiger partial charge in [0.25, 0.3) is 5.56 Å². The first-order valence-electron chi connectivity index (χ1n) is 6.60. The summed E-state index contributed by atoms with van der Waals surface area (Å²) in [5.74, 6) is 0. The molecule has 0 aliphatic rings. The number of benzene rings is 2. The van der Waals surface area contributed by atoms with E-state index in [1.54, 1.807) is 4.68 Å². The number of aromatic amines is 1. The van der Waals surface area contributed by atoms with E-state index < -0.39 is 0 Å². The van der Waals surface area contributed by atoms with Crippen LogP contribution in [0.25, 0.3) is 16.8 Å². The molecule has 0 saturated carbocycles. The van der Waals surface area contributed by atoms with Gasteiger partial charge in [-0.15, -0.1) is 0 Å². The van der Waals surface area contributed by atoms with Gasteiger partial charge in [0.2, 0.25) is 0 Å². The van der Waals surface area contributed by atoms with Gasteiger partial charge in [0.1, 0.15) is 0 Å². The second-order valence-corrected chi connectivity index (χ2v) is 5.01. The van der Waals surface area contributed by atoms with Crippen LogP contribution in [0.3, 0.4) is 0 Å². The molecule has 3 aromatic rings. The first kappa shape index (κ1) is 12.5. The Morgan fingerprint density at radius 1 is 1.00 bits per heavy atom. The standard InChI is InChI=1S/C17H16N2O/c1-12-6-5-8-14(10-12)15-11-19(18-17(15)20)16-9-4-3-7-13(16)2/h3-11H,1-2H3,(H,18,20). The maximum absolute atomic E-state index is 12.2. The largest absolute Gasteiger partial charge is 0.272 e. The summed E-state index contributed by atoms with van der Waals surface area (Å²) in [5, 5.41) is 2.88. The van der Waals surface area contributed by atoms with E-state index in [9.17, 15) is 4.79 Å². The molecule has 0 aliphatic carbocycles. The Balaban J connectivity index is 2.13. The van der Waals surface area contributed by atoms with Crippen molar-refractivity contribution in [2.45, 2.75) is 13.8 Å². The fraction of sp³-hybridized carbons (Fsp3) is 0.118. The molecule has 2 aromatic carbocycles. The van der Waals surface area contributed by atoms with Crippen molar-refractivity contribution < 1.29 is 0 Å². The molecule has 0 unspecified atom stereocenters. The fourth-order valence-electron chi connectivity index (χ4n) is 2.37. The van der Waals surface area contributed by atoms with Crippen LogP contribution in [0.15, 0.2) is 59.5 Å². The zero-order valence-corrected chi connectivity index (χ0v) is 11.6. The number of hydrogen-bond acceptors (Lipinski definition) is 1. The number of aromatic nitrogens is 2. The zero-order valence-electron chi connectivity index (χ0n) is 11.6. The molecule has 0 fully saturated rings. The molecule has 1 heterocycles. The van der Waals surface area contributed by atoms with Crippen LogP contribution >= 0.6 is 0 Å². The maximum Gasteiger partial charge on any atom is 0.272 e. The molecule has 3 heteroatoms. The molecule has 0 bridgehead atoms. The molecule has 0 radical (unpaired) electrons. The van der Waals surface area contributed by atoms with Crippen LogP contribution in [0.5, 0.6) is 0 Å². The third kappa shape index (κ3) is 2.18. The Kier molecular flexibility index (Phi) is 3.03. The van der Waals surface area contributed by atoms with E-state index >= 15 is 0 Å². The second-order valence-electron chi connectivity index (χ2n) is 5.01. The van der Waals surface area contributed by atoms with Gasteiger partial charge in [-0.25, -0.2) is 0 Å². The quantitative estimate of drug-likeness (QED) is 0.756. The predicted molar refractivity (Wildman–Crippen MR) is 81.3 cm³/mol. The van der Waals surface area contributed by atoms with Gasteiger partial charge in [-0.1, -0.05) is 48.0 Å². The van der Waals surface area contributed by atoms with Crippen molar-refractivity contribution >= 4 is 0 Å². The van der Waals surface area contributed by atoms with Crippen LogP contribution in [0.4, 0.5) is 0 Å². The molecule has 0 saturated heterocycles. The maximum atomic E-state index is 12.2. The van der Waals surface area contributed by atoms with Gasteiger partial charge in [-0.05, 0) is 31.0 Å². The van der Waals surface area contributed by atoms with Crippen molar-refractivity contribution in [2.75, 3.05) is 0 Å². The van der Waals surface area contributed by atoms with E-state index in [0.717, 1.165) is 22.4 Å². The second kappa shape index (κ2) is 4.85. The van der Waals surface area contributed by atoms with Gasteiger partial charge < -0.3 is 0 Å².